The molecule has 1 aliphatic heterocycles. The minimum Gasteiger partial charge on any atom is -0.481 e. The second-order valence-electron chi connectivity index (χ2n) is 6.58. The van der Waals surface area contributed by atoms with E-state index >= 15 is 0 Å². The number of benzene rings is 1. The van der Waals surface area contributed by atoms with E-state index in [1.54, 1.807) is 37.4 Å². The smallest absolute Gasteiger partial charge is 0.263 e. The molecule has 1 aliphatic rings. The summed E-state index contributed by atoms with van der Waals surface area (Å²) in [6.45, 7) is 3.03. The molecule has 1 aromatic carbocycles. The maximum Gasteiger partial charge on any atom is 0.263 e. The van der Waals surface area contributed by atoms with Gasteiger partial charge in [0, 0.05) is 41.5 Å². The second kappa shape index (κ2) is 7.45. The highest BCUT2D eigenvalue weighted by Gasteiger charge is 2.24. The normalized spacial score (nSPS) is 15.5. The van der Waals surface area contributed by atoms with Gasteiger partial charge in [-0.25, -0.2) is 4.98 Å². The van der Waals surface area contributed by atoms with Gasteiger partial charge in [0.25, 0.3) is 5.91 Å². The van der Waals surface area contributed by atoms with Crippen LogP contribution in [0.3, 0.4) is 0 Å². The molecule has 0 bridgehead atoms. The number of pyridine rings is 1. The van der Waals surface area contributed by atoms with Gasteiger partial charge in [0.2, 0.25) is 0 Å². The van der Waals surface area contributed by atoms with E-state index in [-0.39, 0.29) is 5.91 Å². The Hall–Kier alpha value is -2.79. The summed E-state index contributed by atoms with van der Waals surface area (Å²) in [5, 5.41) is 1.76. The molecule has 27 heavy (non-hydrogen) atoms. The fourth-order valence-corrected chi connectivity index (χ4v) is 3.49. The van der Waals surface area contributed by atoms with E-state index in [9.17, 15) is 4.79 Å². The third-order valence-electron chi connectivity index (χ3n) is 4.79. The van der Waals surface area contributed by atoms with Crippen LogP contribution in [0.25, 0.3) is 16.6 Å². The lowest BCUT2D eigenvalue weighted by Gasteiger charge is -2.29. The lowest BCUT2D eigenvalue weighted by Crippen LogP contribution is -2.42. The number of carbonyl (C=O) groups is 1. The van der Waals surface area contributed by atoms with Gasteiger partial charge in [0.05, 0.1) is 0 Å². The number of rotatable bonds is 4. The van der Waals surface area contributed by atoms with E-state index in [4.69, 9.17) is 16.3 Å². The number of hydrogen-bond acceptors (Lipinski definition) is 3. The molecule has 5 nitrogen and oxygen atoms in total. The molecular weight excluding hydrogens is 362 g/mol. The highest BCUT2D eigenvalue weighted by Crippen LogP contribution is 2.28. The van der Waals surface area contributed by atoms with Crippen LogP contribution < -0.4 is 4.74 Å². The van der Waals surface area contributed by atoms with Crippen molar-refractivity contribution in [1.82, 2.24) is 14.9 Å². The van der Waals surface area contributed by atoms with Gasteiger partial charge in [-0.2, -0.15) is 0 Å². The van der Waals surface area contributed by atoms with Crippen molar-refractivity contribution in [2.24, 2.45) is 0 Å². The maximum atomic E-state index is 12.7. The average Bonchev–Trinajstić information content (AvgIpc) is 3.13. The van der Waals surface area contributed by atoms with Crippen LogP contribution in [0, 0.1) is 0 Å². The number of H-pyrrole nitrogens is 1. The van der Waals surface area contributed by atoms with E-state index in [1.807, 2.05) is 17.2 Å². The standard InChI is InChI=1S/C21H20ClN3O2/c1-14(27-17-6-4-16(22)5-7-17)21(26)25-11-8-15(9-12-25)19-13-24-20-18(19)3-2-10-23-20/h2-8,10,13-14H,9,11-12H2,1H3,(H,23,24). The van der Waals surface area contributed by atoms with Crippen molar-refractivity contribution in [3.63, 3.8) is 0 Å². The quantitative estimate of drug-likeness (QED) is 0.733. The van der Waals surface area contributed by atoms with Gasteiger partial charge in [-0.1, -0.05) is 17.7 Å². The average molecular weight is 382 g/mol. The van der Waals surface area contributed by atoms with E-state index in [0.717, 1.165) is 23.0 Å². The molecule has 2 aromatic heterocycles. The number of fused-ring (bicyclic) bond motifs is 1. The monoisotopic (exact) mass is 381 g/mol. The Morgan fingerprint density at radius 3 is 2.85 bits per heavy atom. The first kappa shape index (κ1) is 17.6. The molecule has 0 fully saturated rings. The lowest BCUT2D eigenvalue weighted by atomic mass is 9.99. The Kier molecular flexibility index (Phi) is 4.86. The summed E-state index contributed by atoms with van der Waals surface area (Å²) in [5.74, 6) is 0.626. The number of carbonyl (C=O) groups excluding carboxylic acids is 1. The number of aromatic nitrogens is 2. The van der Waals surface area contributed by atoms with E-state index in [0.29, 0.717) is 23.9 Å². The van der Waals surface area contributed by atoms with Gasteiger partial charge in [-0.3, -0.25) is 4.79 Å². The van der Waals surface area contributed by atoms with Crippen molar-refractivity contribution in [2.45, 2.75) is 19.4 Å². The summed E-state index contributed by atoms with van der Waals surface area (Å²) in [4.78, 5) is 22.1. The molecule has 6 heteroatoms. The number of hydrogen-bond donors (Lipinski definition) is 1. The molecule has 1 atom stereocenters. The van der Waals surface area contributed by atoms with Crippen LogP contribution in [0.15, 0.2) is 54.9 Å². The third-order valence-corrected chi connectivity index (χ3v) is 5.04. The minimum atomic E-state index is -0.543. The number of aromatic amines is 1. The van der Waals surface area contributed by atoms with Crippen molar-refractivity contribution in [3.8, 4) is 5.75 Å². The van der Waals surface area contributed by atoms with Crippen LogP contribution in [0.2, 0.25) is 5.02 Å². The SMILES string of the molecule is CC(Oc1ccc(Cl)cc1)C(=O)N1CC=C(c2c[nH]c3ncccc23)CC1. The van der Waals surface area contributed by atoms with Crippen molar-refractivity contribution in [3.05, 3.63) is 65.5 Å². The number of nitrogens with zero attached hydrogens (tertiary/aromatic N) is 2. The predicted octanol–water partition coefficient (Wildman–Crippen LogP) is 4.30. The summed E-state index contributed by atoms with van der Waals surface area (Å²) in [6, 6.07) is 11.0. The summed E-state index contributed by atoms with van der Waals surface area (Å²) in [7, 11) is 0. The highest BCUT2D eigenvalue weighted by atomic mass is 35.5. The Bertz CT molecular complexity index is 994. The molecule has 0 radical (unpaired) electrons. The zero-order valence-electron chi connectivity index (χ0n) is 15.0. The predicted molar refractivity (Wildman–Crippen MR) is 107 cm³/mol. The fourth-order valence-electron chi connectivity index (χ4n) is 3.36. The number of amides is 1. The van der Waals surface area contributed by atoms with Gasteiger partial charge < -0.3 is 14.6 Å². The summed E-state index contributed by atoms with van der Waals surface area (Å²) in [5.41, 5.74) is 3.29. The molecule has 0 saturated heterocycles. The molecule has 138 valence electrons. The molecular formula is C21H20ClN3O2. The molecule has 1 N–H and O–H groups in total. The van der Waals surface area contributed by atoms with Crippen LogP contribution in [-0.2, 0) is 4.79 Å². The van der Waals surface area contributed by atoms with Gasteiger partial charge >= 0.3 is 0 Å². The van der Waals surface area contributed by atoms with Crippen LogP contribution in [0.1, 0.15) is 18.9 Å². The van der Waals surface area contributed by atoms with Gasteiger partial charge in [0.15, 0.2) is 6.10 Å². The Labute approximate surface area is 162 Å². The maximum absolute atomic E-state index is 12.7. The van der Waals surface area contributed by atoms with Crippen LogP contribution in [0.5, 0.6) is 5.75 Å². The minimum absolute atomic E-state index is 0.0131. The first-order valence-electron chi connectivity index (χ1n) is 8.94. The van der Waals surface area contributed by atoms with Crippen LogP contribution >= 0.6 is 11.6 Å². The number of ether oxygens (including phenoxy) is 1. The largest absolute Gasteiger partial charge is 0.481 e. The molecule has 1 unspecified atom stereocenters. The topological polar surface area (TPSA) is 58.2 Å². The highest BCUT2D eigenvalue weighted by molar-refractivity contribution is 6.30. The Balaban J connectivity index is 1.43. The van der Waals surface area contributed by atoms with Crippen molar-refractivity contribution in [2.75, 3.05) is 13.1 Å². The summed E-state index contributed by atoms with van der Waals surface area (Å²) < 4.78 is 5.76. The molecule has 0 saturated carbocycles. The molecule has 3 heterocycles. The fraction of sp³-hybridized carbons (Fsp3) is 0.238. The molecule has 0 spiro atoms. The van der Waals surface area contributed by atoms with E-state index < -0.39 is 6.10 Å². The molecule has 4 rings (SSSR count). The van der Waals surface area contributed by atoms with E-state index in [1.165, 1.54) is 5.57 Å². The second-order valence-corrected chi connectivity index (χ2v) is 7.02. The molecule has 0 aliphatic carbocycles. The summed E-state index contributed by atoms with van der Waals surface area (Å²) >= 11 is 5.88. The number of nitrogens with one attached hydrogen (secondary N) is 1. The molecule has 3 aromatic rings. The summed E-state index contributed by atoms with van der Waals surface area (Å²) in [6.07, 6.45) is 6.15. The van der Waals surface area contributed by atoms with Crippen molar-refractivity contribution < 1.29 is 9.53 Å². The Morgan fingerprint density at radius 2 is 2.11 bits per heavy atom. The number of halogens is 1. The van der Waals surface area contributed by atoms with Crippen molar-refractivity contribution >= 4 is 34.1 Å². The van der Waals surface area contributed by atoms with Crippen molar-refractivity contribution in [1.29, 1.82) is 0 Å². The van der Waals surface area contributed by atoms with Gasteiger partial charge in [0.1, 0.15) is 11.4 Å². The van der Waals surface area contributed by atoms with E-state index in [2.05, 4.69) is 22.1 Å². The Morgan fingerprint density at radius 1 is 1.30 bits per heavy atom. The lowest BCUT2D eigenvalue weighted by molar-refractivity contribution is -0.137. The van der Waals surface area contributed by atoms with Gasteiger partial charge in [-0.15, -0.1) is 0 Å². The third kappa shape index (κ3) is 3.69. The molecule has 1 amide bonds. The first-order chi connectivity index (χ1) is 13.1. The zero-order valence-corrected chi connectivity index (χ0v) is 15.7. The zero-order chi connectivity index (χ0) is 18.8. The first-order valence-corrected chi connectivity index (χ1v) is 9.32. The van der Waals surface area contributed by atoms with Crippen LogP contribution in [-0.4, -0.2) is 40.0 Å². The van der Waals surface area contributed by atoms with Gasteiger partial charge in [-0.05, 0) is 55.3 Å². The van der Waals surface area contributed by atoms with Crippen LogP contribution in [0.4, 0.5) is 0 Å².